The Bertz CT molecular complexity index is 603. The van der Waals surface area contributed by atoms with Crippen LogP contribution in [0.3, 0.4) is 0 Å². The van der Waals surface area contributed by atoms with Crippen molar-refractivity contribution in [1.29, 1.82) is 5.26 Å². The summed E-state index contributed by atoms with van der Waals surface area (Å²) in [5.41, 5.74) is 1.09. The molecule has 0 unspecified atom stereocenters. The first-order valence-electron chi connectivity index (χ1n) is 8.62. The van der Waals surface area contributed by atoms with Crippen LogP contribution in [-0.2, 0) is 11.3 Å². The van der Waals surface area contributed by atoms with E-state index in [-0.39, 0.29) is 11.5 Å². The molecule has 0 aromatic heterocycles. The van der Waals surface area contributed by atoms with Gasteiger partial charge in [0.15, 0.2) is 0 Å². The molecule has 0 saturated heterocycles. The van der Waals surface area contributed by atoms with E-state index in [9.17, 15) is 10.1 Å². The van der Waals surface area contributed by atoms with Gasteiger partial charge in [0.05, 0.1) is 7.11 Å². The fraction of sp³-hybridized carbons (Fsp3) is 0.500. The molecule has 25 heavy (non-hydrogen) atoms. The molecule has 1 aromatic carbocycles. The zero-order valence-electron chi connectivity index (χ0n) is 15.9. The van der Waals surface area contributed by atoms with Crippen LogP contribution in [-0.4, -0.2) is 31.0 Å². The highest BCUT2D eigenvalue weighted by molar-refractivity contribution is 5.97. The molecule has 1 aromatic rings. The first-order chi connectivity index (χ1) is 11.8. The van der Waals surface area contributed by atoms with Gasteiger partial charge < -0.3 is 15.0 Å². The van der Waals surface area contributed by atoms with Gasteiger partial charge in [0.25, 0.3) is 5.91 Å². The summed E-state index contributed by atoms with van der Waals surface area (Å²) in [5.74, 6) is 1.33. The van der Waals surface area contributed by atoms with Gasteiger partial charge in [-0.2, -0.15) is 5.26 Å². The number of nitrogens with one attached hydrogen (secondary N) is 1. The molecule has 0 atom stereocenters. The van der Waals surface area contributed by atoms with Crippen LogP contribution in [0, 0.1) is 23.2 Å². The summed E-state index contributed by atoms with van der Waals surface area (Å²) < 4.78 is 5.11. The van der Waals surface area contributed by atoms with Crippen LogP contribution in [0.2, 0.25) is 0 Å². The predicted molar refractivity (Wildman–Crippen MR) is 99.8 cm³/mol. The van der Waals surface area contributed by atoms with Gasteiger partial charge in [-0.3, -0.25) is 4.79 Å². The third-order valence-corrected chi connectivity index (χ3v) is 3.49. The Kier molecular flexibility index (Phi) is 8.55. The van der Waals surface area contributed by atoms with E-state index < -0.39 is 0 Å². The van der Waals surface area contributed by atoms with Gasteiger partial charge in [0.1, 0.15) is 17.4 Å². The number of amides is 1. The van der Waals surface area contributed by atoms with Gasteiger partial charge in [-0.25, -0.2) is 0 Å². The van der Waals surface area contributed by atoms with E-state index in [1.54, 1.807) is 13.3 Å². The Hall–Kier alpha value is -2.48. The topological polar surface area (TPSA) is 65.4 Å². The third-order valence-electron chi connectivity index (χ3n) is 3.49. The molecular weight excluding hydrogens is 314 g/mol. The number of nitrogens with zero attached hydrogens (tertiary/aromatic N) is 2. The second-order valence-electron chi connectivity index (χ2n) is 6.93. The number of methoxy groups -OCH3 is 1. The molecule has 5 nitrogen and oxygen atoms in total. The average molecular weight is 343 g/mol. The minimum Gasteiger partial charge on any atom is -0.497 e. The maximum atomic E-state index is 12.3. The number of hydrogen-bond acceptors (Lipinski definition) is 4. The van der Waals surface area contributed by atoms with Gasteiger partial charge >= 0.3 is 0 Å². The Balaban J connectivity index is 2.74. The first kappa shape index (κ1) is 20.6. The number of benzene rings is 1. The third kappa shape index (κ3) is 7.75. The summed E-state index contributed by atoms with van der Waals surface area (Å²) in [6.07, 6.45) is 1.68. The average Bonchev–Trinajstić information content (AvgIpc) is 2.56. The second kappa shape index (κ2) is 10.4. The van der Waals surface area contributed by atoms with Crippen LogP contribution in [0.15, 0.2) is 36.0 Å². The van der Waals surface area contributed by atoms with Crippen LogP contribution < -0.4 is 10.1 Å². The van der Waals surface area contributed by atoms with E-state index in [4.69, 9.17) is 4.74 Å². The zero-order valence-corrected chi connectivity index (χ0v) is 15.9. The minimum atomic E-state index is -0.351. The summed E-state index contributed by atoms with van der Waals surface area (Å²) in [5, 5.41) is 12.2. The highest BCUT2D eigenvalue weighted by Gasteiger charge is 2.13. The molecule has 0 aliphatic heterocycles. The zero-order chi connectivity index (χ0) is 18.8. The molecule has 1 amide bonds. The molecule has 0 heterocycles. The van der Waals surface area contributed by atoms with Crippen molar-refractivity contribution in [3.63, 3.8) is 0 Å². The summed E-state index contributed by atoms with van der Waals surface area (Å²) in [4.78, 5) is 14.4. The van der Waals surface area contributed by atoms with Crippen molar-refractivity contribution in [2.75, 3.05) is 20.2 Å². The number of ether oxygens (including phenoxy) is 1. The van der Waals surface area contributed by atoms with E-state index in [2.05, 4.69) is 37.9 Å². The molecule has 0 aliphatic rings. The lowest BCUT2D eigenvalue weighted by molar-refractivity contribution is -0.117. The summed E-state index contributed by atoms with van der Waals surface area (Å²) in [6, 6.07) is 9.48. The van der Waals surface area contributed by atoms with Gasteiger partial charge in [0, 0.05) is 25.8 Å². The van der Waals surface area contributed by atoms with Crippen LogP contribution in [0.1, 0.15) is 33.3 Å². The molecule has 0 radical (unpaired) electrons. The molecule has 5 heteroatoms. The molecule has 1 rings (SSSR count). The maximum Gasteiger partial charge on any atom is 0.263 e. The van der Waals surface area contributed by atoms with Crippen LogP contribution >= 0.6 is 0 Å². The van der Waals surface area contributed by atoms with Crippen LogP contribution in [0.4, 0.5) is 0 Å². The van der Waals surface area contributed by atoms with Crippen molar-refractivity contribution >= 4 is 5.91 Å². The van der Waals surface area contributed by atoms with E-state index >= 15 is 0 Å². The van der Waals surface area contributed by atoms with Crippen molar-refractivity contribution in [3.8, 4) is 11.8 Å². The normalized spacial score (nSPS) is 11.4. The van der Waals surface area contributed by atoms with Crippen molar-refractivity contribution in [2.24, 2.45) is 11.8 Å². The SMILES string of the molecule is COc1ccc(CNC(=O)/C(C#N)=C\N(CC(C)C)CC(C)C)cc1. The summed E-state index contributed by atoms with van der Waals surface area (Å²) in [6.45, 7) is 10.5. The second-order valence-corrected chi connectivity index (χ2v) is 6.93. The van der Waals surface area contributed by atoms with Crippen LogP contribution in [0.25, 0.3) is 0 Å². The molecule has 136 valence electrons. The lowest BCUT2D eigenvalue weighted by Gasteiger charge is -2.25. The van der Waals surface area contributed by atoms with Crippen molar-refractivity contribution < 1.29 is 9.53 Å². The van der Waals surface area contributed by atoms with Gasteiger partial charge in [-0.15, -0.1) is 0 Å². The predicted octanol–water partition coefficient (Wildman–Crippen LogP) is 3.33. The Morgan fingerprint density at radius 2 is 1.76 bits per heavy atom. The largest absolute Gasteiger partial charge is 0.497 e. The number of rotatable bonds is 9. The molecule has 0 bridgehead atoms. The van der Waals surface area contributed by atoms with Gasteiger partial charge in [-0.05, 0) is 29.5 Å². The smallest absolute Gasteiger partial charge is 0.263 e. The summed E-state index contributed by atoms with van der Waals surface area (Å²) in [7, 11) is 1.61. The number of hydrogen-bond donors (Lipinski definition) is 1. The van der Waals surface area contributed by atoms with E-state index in [1.165, 1.54) is 0 Å². The Morgan fingerprint density at radius 1 is 1.20 bits per heavy atom. The quantitative estimate of drug-likeness (QED) is 0.552. The lowest BCUT2D eigenvalue weighted by Crippen LogP contribution is -2.30. The fourth-order valence-electron chi connectivity index (χ4n) is 2.46. The molecule has 0 spiro atoms. The maximum absolute atomic E-state index is 12.3. The van der Waals surface area contributed by atoms with E-state index in [0.29, 0.717) is 18.4 Å². The highest BCUT2D eigenvalue weighted by atomic mass is 16.5. The monoisotopic (exact) mass is 343 g/mol. The number of carbonyl (C=O) groups is 1. The van der Waals surface area contributed by atoms with Gasteiger partial charge in [0.2, 0.25) is 0 Å². The summed E-state index contributed by atoms with van der Waals surface area (Å²) >= 11 is 0. The molecular formula is C20H29N3O2. The standard InChI is InChI=1S/C20H29N3O2/c1-15(2)12-23(13-16(3)4)14-18(10-21)20(24)22-11-17-6-8-19(25-5)9-7-17/h6-9,14-16H,11-13H2,1-5H3,(H,22,24)/b18-14-. The number of carbonyl (C=O) groups excluding carboxylic acids is 1. The lowest BCUT2D eigenvalue weighted by atomic mass is 10.1. The minimum absolute atomic E-state index is 0.134. The molecule has 0 aliphatic carbocycles. The highest BCUT2D eigenvalue weighted by Crippen LogP contribution is 2.11. The van der Waals surface area contributed by atoms with E-state index in [1.807, 2.05) is 30.3 Å². The molecule has 0 fully saturated rings. The van der Waals surface area contributed by atoms with Crippen molar-refractivity contribution in [2.45, 2.75) is 34.2 Å². The van der Waals surface area contributed by atoms with Crippen molar-refractivity contribution in [3.05, 3.63) is 41.6 Å². The fourth-order valence-corrected chi connectivity index (χ4v) is 2.46. The van der Waals surface area contributed by atoms with Crippen molar-refractivity contribution in [1.82, 2.24) is 10.2 Å². The van der Waals surface area contributed by atoms with Gasteiger partial charge in [-0.1, -0.05) is 39.8 Å². The molecule has 0 saturated carbocycles. The Labute approximate surface area is 151 Å². The van der Waals surface area contributed by atoms with Crippen LogP contribution in [0.5, 0.6) is 5.75 Å². The Morgan fingerprint density at radius 3 is 2.20 bits per heavy atom. The molecule has 1 N–H and O–H groups in total. The first-order valence-corrected chi connectivity index (χ1v) is 8.62. The number of nitriles is 1. The van der Waals surface area contributed by atoms with E-state index in [0.717, 1.165) is 24.4 Å².